The summed E-state index contributed by atoms with van der Waals surface area (Å²) in [5.41, 5.74) is 4.52. The Morgan fingerprint density at radius 3 is 0.756 bits per heavy atom. The maximum absolute atomic E-state index is 4.76. The Hall–Kier alpha value is -6.48. The molecule has 0 aliphatic carbocycles. The van der Waals surface area contributed by atoms with Gasteiger partial charge in [-0.25, -0.2) is 0 Å². The molecular formula is C36H25N9. The van der Waals surface area contributed by atoms with Gasteiger partial charge in [0.2, 0.25) is 23.3 Å². The zero-order chi connectivity index (χ0) is 30.0. The van der Waals surface area contributed by atoms with Gasteiger partial charge in [-0.1, -0.05) is 115 Å². The van der Waals surface area contributed by atoms with Gasteiger partial charge in [-0.2, -0.15) is 0 Å². The van der Waals surface area contributed by atoms with E-state index in [2.05, 4.69) is 10.2 Å². The van der Waals surface area contributed by atoms with Crippen molar-refractivity contribution in [1.29, 1.82) is 0 Å². The molecule has 0 unspecified atom stereocenters. The lowest BCUT2D eigenvalue weighted by Gasteiger charge is -2.14. The van der Waals surface area contributed by atoms with Gasteiger partial charge in [0, 0.05) is 28.2 Å². The van der Waals surface area contributed by atoms with Crippen molar-refractivity contribution in [2.24, 2.45) is 0 Å². The van der Waals surface area contributed by atoms with Gasteiger partial charge in [0.05, 0.1) is 0 Å². The highest BCUT2D eigenvalue weighted by atomic mass is 15.4. The predicted molar refractivity (Wildman–Crippen MR) is 173 cm³/mol. The second-order valence-corrected chi connectivity index (χ2v) is 10.3. The predicted octanol–water partition coefficient (Wildman–Crippen LogP) is 7.10. The van der Waals surface area contributed by atoms with E-state index in [4.69, 9.17) is 20.4 Å². The Bertz CT molecular complexity index is 2050. The molecule has 0 spiro atoms. The van der Waals surface area contributed by atoms with E-state index in [1.165, 1.54) is 0 Å². The van der Waals surface area contributed by atoms with Crippen molar-refractivity contribution < 1.29 is 0 Å². The first-order valence-corrected chi connectivity index (χ1v) is 14.5. The lowest BCUT2D eigenvalue weighted by atomic mass is 10.2. The highest BCUT2D eigenvalue weighted by molar-refractivity contribution is 5.69. The third-order valence-electron chi connectivity index (χ3n) is 7.50. The molecule has 0 N–H and O–H groups in total. The number of rotatable bonds is 7. The second-order valence-electron chi connectivity index (χ2n) is 10.3. The molecule has 0 bridgehead atoms. The summed E-state index contributed by atoms with van der Waals surface area (Å²) in [5, 5.41) is 28.3. The Balaban J connectivity index is 1.40. The summed E-state index contributed by atoms with van der Waals surface area (Å²) in [6.07, 6.45) is 0. The van der Waals surface area contributed by atoms with Gasteiger partial charge in [0.25, 0.3) is 0 Å². The molecule has 9 heteroatoms. The van der Waals surface area contributed by atoms with Crippen molar-refractivity contribution in [1.82, 2.24) is 44.3 Å². The Kier molecular flexibility index (Phi) is 6.58. The van der Waals surface area contributed by atoms with E-state index in [1.54, 1.807) is 0 Å². The van der Waals surface area contributed by atoms with E-state index in [0.29, 0.717) is 34.9 Å². The van der Waals surface area contributed by atoms with Crippen LogP contribution < -0.4 is 0 Å². The fourth-order valence-electron chi connectivity index (χ4n) is 5.45. The van der Waals surface area contributed by atoms with Gasteiger partial charge < -0.3 is 0 Å². The average molecular weight is 584 g/mol. The summed E-state index contributed by atoms with van der Waals surface area (Å²) in [5.74, 6) is 3.49. The first-order valence-electron chi connectivity index (χ1n) is 14.5. The number of para-hydroxylation sites is 3. The van der Waals surface area contributed by atoms with E-state index < -0.39 is 0 Å². The zero-order valence-corrected chi connectivity index (χ0v) is 24.0. The minimum atomic E-state index is 0.513. The molecule has 0 aliphatic rings. The summed E-state index contributed by atoms with van der Waals surface area (Å²) < 4.78 is 6.00. The van der Waals surface area contributed by atoms with Crippen LogP contribution in [0.1, 0.15) is 0 Å². The smallest absolute Gasteiger partial charge is 0.207 e. The van der Waals surface area contributed by atoms with Crippen LogP contribution in [-0.4, -0.2) is 44.3 Å². The van der Waals surface area contributed by atoms with E-state index in [-0.39, 0.29) is 0 Å². The van der Waals surface area contributed by atoms with E-state index in [9.17, 15) is 0 Å². The largest absolute Gasteiger partial charge is 0.272 e. The van der Waals surface area contributed by atoms with Crippen molar-refractivity contribution in [2.75, 3.05) is 0 Å². The molecule has 45 heavy (non-hydrogen) atoms. The van der Waals surface area contributed by atoms with Gasteiger partial charge in [-0.3, -0.25) is 13.7 Å². The molecule has 214 valence electrons. The van der Waals surface area contributed by atoms with Crippen molar-refractivity contribution in [3.05, 3.63) is 152 Å². The highest BCUT2D eigenvalue weighted by Gasteiger charge is 2.28. The monoisotopic (exact) mass is 583 g/mol. The Morgan fingerprint density at radius 1 is 0.244 bits per heavy atom. The molecule has 0 aliphatic heterocycles. The van der Waals surface area contributed by atoms with Crippen molar-refractivity contribution >= 4 is 0 Å². The van der Waals surface area contributed by atoms with Crippen LogP contribution in [0.4, 0.5) is 0 Å². The zero-order valence-electron chi connectivity index (χ0n) is 24.0. The van der Waals surface area contributed by atoms with Gasteiger partial charge in [0.15, 0.2) is 11.6 Å². The number of nitrogens with zero attached hydrogens (tertiary/aromatic N) is 9. The molecule has 9 nitrogen and oxygen atoms in total. The minimum Gasteiger partial charge on any atom is -0.272 e. The highest BCUT2D eigenvalue weighted by Crippen LogP contribution is 2.34. The first-order chi connectivity index (χ1) is 22.4. The molecule has 0 saturated heterocycles. The summed E-state index contributed by atoms with van der Waals surface area (Å²) in [4.78, 5) is 0. The molecule has 0 fully saturated rings. The summed E-state index contributed by atoms with van der Waals surface area (Å²) in [7, 11) is 0. The van der Waals surface area contributed by atoms with Crippen molar-refractivity contribution in [3.63, 3.8) is 0 Å². The third kappa shape index (κ3) is 4.68. The molecular weight excluding hydrogens is 558 g/mol. The maximum atomic E-state index is 4.76. The Labute approximate surface area is 258 Å². The van der Waals surface area contributed by atoms with Crippen LogP contribution in [0.2, 0.25) is 0 Å². The molecule has 8 aromatic rings. The molecule has 3 heterocycles. The van der Waals surface area contributed by atoms with Crippen LogP contribution in [0.25, 0.3) is 63.1 Å². The van der Waals surface area contributed by atoms with Crippen LogP contribution in [0.15, 0.2) is 152 Å². The number of hydrogen-bond acceptors (Lipinski definition) is 6. The summed E-state index contributed by atoms with van der Waals surface area (Å²) in [6.45, 7) is 0. The maximum Gasteiger partial charge on any atom is 0.207 e. The average Bonchev–Trinajstić information content (AvgIpc) is 3.87. The SMILES string of the molecule is c1ccc(-c2nnc(-c3nnc(-c4nnc(-c5ccccc5)n4-c4ccccc4)n3-c3ccccc3)n2-c2ccccc2)cc1. The number of aromatic nitrogens is 9. The van der Waals surface area contributed by atoms with Crippen LogP contribution in [-0.2, 0) is 0 Å². The van der Waals surface area contributed by atoms with Crippen LogP contribution in [0.3, 0.4) is 0 Å². The quantitative estimate of drug-likeness (QED) is 0.199. The fourth-order valence-corrected chi connectivity index (χ4v) is 5.45. The standard InChI is InChI=1S/C36H25N9/c1-6-16-26(17-7-1)31-37-39-33(43(31)28-20-10-3-11-21-28)35-41-42-36(45(35)30-24-14-5-15-25-30)34-40-38-32(27-18-8-2-9-19-27)44(34)29-22-12-4-13-23-29/h1-25H. The summed E-state index contributed by atoms with van der Waals surface area (Å²) >= 11 is 0. The van der Waals surface area contributed by atoms with Crippen LogP contribution in [0, 0.1) is 0 Å². The molecule has 0 amide bonds. The first kappa shape index (κ1) is 26.2. The lowest BCUT2D eigenvalue weighted by Crippen LogP contribution is -2.08. The number of hydrogen-bond donors (Lipinski definition) is 0. The third-order valence-corrected chi connectivity index (χ3v) is 7.50. The van der Waals surface area contributed by atoms with E-state index in [0.717, 1.165) is 28.2 Å². The van der Waals surface area contributed by atoms with Crippen LogP contribution >= 0.6 is 0 Å². The number of benzene rings is 5. The lowest BCUT2D eigenvalue weighted by molar-refractivity contribution is 0.970. The van der Waals surface area contributed by atoms with Gasteiger partial charge in [-0.15, -0.1) is 30.6 Å². The van der Waals surface area contributed by atoms with Gasteiger partial charge >= 0.3 is 0 Å². The van der Waals surface area contributed by atoms with E-state index >= 15 is 0 Å². The molecule has 0 saturated carbocycles. The summed E-state index contributed by atoms with van der Waals surface area (Å²) in [6, 6.07) is 50.1. The van der Waals surface area contributed by atoms with Crippen molar-refractivity contribution in [3.8, 4) is 63.1 Å². The van der Waals surface area contributed by atoms with Crippen LogP contribution in [0.5, 0.6) is 0 Å². The van der Waals surface area contributed by atoms with Gasteiger partial charge in [0.1, 0.15) is 0 Å². The molecule has 3 aromatic heterocycles. The van der Waals surface area contributed by atoms with Gasteiger partial charge in [-0.05, 0) is 36.4 Å². The Morgan fingerprint density at radius 2 is 0.467 bits per heavy atom. The molecule has 0 radical (unpaired) electrons. The van der Waals surface area contributed by atoms with E-state index in [1.807, 2.05) is 165 Å². The second kappa shape index (κ2) is 11.3. The topological polar surface area (TPSA) is 92.1 Å². The molecule has 8 rings (SSSR count). The minimum absolute atomic E-state index is 0.513. The van der Waals surface area contributed by atoms with Crippen molar-refractivity contribution in [2.45, 2.75) is 0 Å². The molecule has 0 atom stereocenters. The fraction of sp³-hybridized carbons (Fsp3) is 0. The molecule has 5 aromatic carbocycles. The normalized spacial score (nSPS) is 11.1.